The van der Waals surface area contributed by atoms with E-state index in [-0.39, 0.29) is 5.82 Å². The van der Waals surface area contributed by atoms with Gasteiger partial charge in [-0.05, 0) is 17.7 Å². The maximum absolute atomic E-state index is 12.8. The lowest BCUT2D eigenvalue weighted by atomic mass is 10.2. The van der Waals surface area contributed by atoms with Crippen LogP contribution in [0.1, 0.15) is 11.4 Å². The molecule has 0 spiro atoms. The fourth-order valence-corrected chi connectivity index (χ4v) is 1.67. The molecule has 2 aromatic rings. The first-order chi connectivity index (χ1) is 8.15. The Hall–Kier alpha value is -1.46. The van der Waals surface area contributed by atoms with Crippen LogP contribution < -0.4 is 5.32 Å². The van der Waals surface area contributed by atoms with Crippen LogP contribution in [0.4, 0.5) is 4.39 Å². The molecule has 1 N–H and O–H groups in total. The van der Waals surface area contributed by atoms with E-state index in [2.05, 4.69) is 15.4 Å². The Labute approximate surface area is 103 Å². The highest BCUT2D eigenvalue weighted by Gasteiger charge is 2.03. The summed E-state index contributed by atoms with van der Waals surface area (Å²) in [4.78, 5) is 4.08. The molecule has 0 fully saturated rings. The molecule has 0 saturated heterocycles. The van der Waals surface area contributed by atoms with Crippen molar-refractivity contribution in [3.8, 4) is 0 Å². The van der Waals surface area contributed by atoms with Gasteiger partial charge in [-0.25, -0.2) is 9.37 Å². The van der Waals surface area contributed by atoms with E-state index in [0.29, 0.717) is 23.9 Å². The SMILES string of the molecule is Cn1cnc(CNCc2ccc(F)cc2Cl)n1. The van der Waals surface area contributed by atoms with E-state index >= 15 is 0 Å². The Bertz CT molecular complexity index is 512. The molecule has 0 unspecified atom stereocenters. The molecular formula is C11H12ClFN4. The number of hydrogen-bond acceptors (Lipinski definition) is 3. The molecule has 17 heavy (non-hydrogen) atoms. The third-order valence-corrected chi connectivity index (χ3v) is 2.61. The molecule has 0 aliphatic rings. The highest BCUT2D eigenvalue weighted by molar-refractivity contribution is 6.31. The van der Waals surface area contributed by atoms with Crippen LogP contribution in [0.15, 0.2) is 24.5 Å². The highest BCUT2D eigenvalue weighted by atomic mass is 35.5. The van der Waals surface area contributed by atoms with E-state index in [4.69, 9.17) is 11.6 Å². The quantitative estimate of drug-likeness (QED) is 0.906. The second kappa shape index (κ2) is 5.25. The Balaban J connectivity index is 1.90. The van der Waals surface area contributed by atoms with Crippen LogP contribution in [-0.2, 0) is 20.1 Å². The van der Waals surface area contributed by atoms with Gasteiger partial charge in [0.15, 0.2) is 5.82 Å². The molecule has 1 aromatic heterocycles. The van der Waals surface area contributed by atoms with Crippen molar-refractivity contribution in [1.82, 2.24) is 20.1 Å². The molecule has 90 valence electrons. The van der Waals surface area contributed by atoms with Crippen molar-refractivity contribution in [1.29, 1.82) is 0 Å². The number of rotatable bonds is 4. The van der Waals surface area contributed by atoms with Crippen molar-refractivity contribution in [2.45, 2.75) is 13.1 Å². The van der Waals surface area contributed by atoms with Gasteiger partial charge >= 0.3 is 0 Å². The molecule has 6 heteroatoms. The van der Waals surface area contributed by atoms with E-state index in [1.807, 2.05) is 7.05 Å². The predicted molar refractivity (Wildman–Crippen MR) is 63.0 cm³/mol. The maximum Gasteiger partial charge on any atom is 0.164 e. The number of halogens is 2. The zero-order chi connectivity index (χ0) is 12.3. The lowest BCUT2D eigenvalue weighted by Crippen LogP contribution is -2.14. The van der Waals surface area contributed by atoms with Gasteiger partial charge < -0.3 is 5.32 Å². The normalized spacial score (nSPS) is 10.8. The van der Waals surface area contributed by atoms with E-state index in [0.717, 1.165) is 5.56 Å². The summed E-state index contributed by atoms with van der Waals surface area (Å²) in [6.45, 7) is 1.10. The molecule has 4 nitrogen and oxygen atoms in total. The molecule has 0 bridgehead atoms. The summed E-state index contributed by atoms with van der Waals surface area (Å²) in [5.41, 5.74) is 0.851. The largest absolute Gasteiger partial charge is 0.306 e. The molecule has 0 radical (unpaired) electrons. The van der Waals surface area contributed by atoms with Crippen molar-refractivity contribution in [3.63, 3.8) is 0 Å². The number of aromatic nitrogens is 3. The average molecular weight is 255 g/mol. The molecular weight excluding hydrogens is 243 g/mol. The van der Waals surface area contributed by atoms with Crippen LogP contribution in [0.2, 0.25) is 5.02 Å². The van der Waals surface area contributed by atoms with Gasteiger partial charge in [0.1, 0.15) is 12.1 Å². The van der Waals surface area contributed by atoms with Crippen LogP contribution in [0.3, 0.4) is 0 Å². The molecule has 0 aliphatic heterocycles. The number of hydrogen-bond donors (Lipinski definition) is 1. The standard InChI is InChI=1S/C11H12ClFN4/c1-17-7-15-11(16-17)6-14-5-8-2-3-9(13)4-10(8)12/h2-4,7,14H,5-6H2,1H3. The van der Waals surface area contributed by atoms with E-state index in [1.54, 1.807) is 17.1 Å². The number of nitrogens with one attached hydrogen (secondary N) is 1. The second-order valence-corrected chi connectivity index (χ2v) is 4.08. The third-order valence-electron chi connectivity index (χ3n) is 2.26. The number of nitrogens with zero attached hydrogens (tertiary/aromatic N) is 3. The van der Waals surface area contributed by atoms with Gasteiger partial charge in [-0.15, -0.1) is 0 Å². The summed E-state index contributed by atoms with van der Waals surface area (Å²) in [5.74, 6) is 0.385. The summed E-state index contributed by atoms with van der Waals surface area (Å²) in [6.07, 6.45) is 1.64. The molecule has 1 aromatic carbocycles. The van der Waals surface area contributed by atoms with E-state index < -0.39 is 0 Å². The predicted octanol–water partition coefficient (Wildman–Crippen LogP) is 1.90. The summed E-state index contributed by atoms with van der Waals surface area (Å²) >= 11 is 5.90. The molecule has 2 rings (SSSR count). The van der Waals surface area contributed by atoms with Gasteiger partial charge in [-0.1, -0.05) is 17.7 Å². The van der Waals surface area contributed by atoms with Crippen molar-refractivity contribution in [2.75, 3.05) is 0 Å². The third kappa shape index (κ3) is 3.25. The fraction of sp³-hybridized carbons (Fsp3) is 0.273. The molecule has 1 heterocycles. The lowest BCUT2D eigenvalue weighted by Gasteiger charge is -2.04. The van der Waals surface area contributed by atoms with Crippen LogP contribution >= 0.6 is 11.6 Å². The minimum atomic E-state index is -0.329. The van der Waals surface area contributed by atoms with Gasteiger partial charge in [-0.3, -0.25) is 4.68 Å². The zero-order valence-corrected chi connectivity index (χ0v) is 10.1. The first-order valence-corrected chi connectivity index (χ1v) is 5.52. The van der Waals surface area contributed by atoms with Gasteiger partial charge in [0.05, 0.1) is 6.54 Å². The van der Waals surface area contributed by atoms with Crippen molar-refractivity contribution in [3.05, 3.63) is 46.8 Å². The fourth-order valence-electron chi connectivity index (χ4n) is 1.44. The number of benzene rings is 1. The van der Waals surface area contributed by atoms with Crippen LogP contribution in [-0.4, -0.2) is 14.8 Å². The Morgan fingerprint density at radius 1 is 1.41 bits per heavy atom. The van der Waals surface area contributed by atoms with Crippen molar-refractivity contribution < 1.29 is 4.39 Å². The monoisotopic (exact) mass is 254 g/mol. The molecule has 0 saturated carbocycles. The Kier molecular flexibility index (Phi) is 3.71. The first-order valence-electron chi connectivity index (χ1n) is 5.14. The summed E-state index contributed by atoms with van der Waals surface area (Å²) in [7, 11) is 1.81. The van der Waals surface area contributed by atoms with E-state index in [9.17, 15) is 4.39 Å². The minimum absolute atomic E-state index is 0.329. The van der Waals surface area contributed by atoms with Gasteiger partial charge in [0.2, 0.25) is 0 Å². The van der Waals surface area contributed by atoms with Crippen LogP contribution in [0, 0.1) is 5.82 Å². The summed E-state index contributed by atoms with van der Waals surface area (Å²) in [5, 5.41) is 7.70. The van der Waals surface area contributed by atoms with Crippen molar-refractivity contribution >= 4 is 11.6 Å². The second-order valence-electron chi connectivity index (χ2n) is 3.67. The Morgan fingerprint density at radius 2 is 2.24 bits per heavy atom. The first kappa shape index (κ1) is 12.0. The zero-order valence-electron chi connectivity index (χ0n) is 9.32. The number of aryl methyl sites for hydroxylation is 1. The smallest absolute Gasteiger partial charge is 0.164 e. The summed E-state index contributed by atoms with van der Waals surface area (Å²) in [6, 6.07) is 4.36. The lowest BCUT2D eigenvalue weighted by molar-refractivity contribution is 0.622. The molecule has 0 amide bonds. The van der Waals surface area contributed by atoms with Gasteiger partial charge in [0.25, 0.3) is 0 Å². The average Bonchev–Trinajstić information content (AvgIpc) is 2.68. The molecule has 0 atom stereocenters. The van der Waals surface area contributed by atoms with Gasteiger partial charge in [-0.2, -0.15) is 5.10 Å². The van der Waals surface area contributed by atoms with E-state index in [1.165, 1.54) is 12.1 Å². The summed E-state index contributed by atoms with van der Waals surface area (Å²) < 4.78 is 14.5. The maximum atomic E-state index is 12.8. The van der Waals surface area contributed by atoms with Crippen LogP contribution in [0.5, 0.6) is 0 Å². The van der Waals surface area contributed by atoms with Crippen molar-refractivity contribution in [2.24, 2.45) is 7.05 Å². The minimum Gasteiger partial charge on any atom is -0.306 e. The van der Waals surface area contributed by atoms with Gasteiger partial charge in [0, 0.05) is 18.6 Å². The van der Waals surface area contributed by atoms with Crippen LogP contribution in [0.25, 0.3) is 0 Å². The topological polar surface area (TPSA) is 42.7 Å². The highest BCUT2D eigenvalue weighted by Crippen LogP contribution is 2.16. The molecule has 0 aliphatic carbocycles. The Morgan fingerprint density at radius 3 is 2.88 bits per heavy atom.